The van der Waals surface area contributed by atoms with Crippen molar-refractivity contribution in [3.05, 3.63) is 40.9 Å². The van der Waals surface area contributed by atoms with Gasteiger partial charge in [0.05, 0.1) is 18.1 Å². The maximum atomic E-state index is 12.3. The van der Waals surface area contributed by atoms with Crippen LogP contribution in [0.25, 0.3) is 0 Å². The smallest absolute Gasteiger partial charge is 0.285 e. The van der Waals surface area contributed by atoms with E-state index in [1.165, 1.54) is 42.5 Å². The topological polar surface area (TPSA) is 118 Å². The van der Waals surface area contributed by atoms with E-state index in [2.05, 4.69) is 10.4 Å². The molecule has 2 aromatic rings. The van der Waals surface area contributed by atoms with Crippen LogP contribution < -0.4 is 15.2 Å². The van der Waals surface area contributed by atoms with Crippen LogP contribution in [0.3, 0.4) is 0 Å². The summed E-state index contributed by atoms with van der Waals surface area (Å²) in [5, 5.41) is 2.25. The van der Waals surface area contributed by atoms with Gasteiger partial charge in [0.1, 0.15) is 5.69 Å². The predicted molar refractivity (Wildman–Crippen MR) is 99.4 cm³/mol. The van der Waals surface area contributed by atoms with Crippen LogP contribution >= 0.6 is 11.3 Å². The number of aromatic nitrogens is 1. The number of carbonyl (C=O) groups is 2. The Labute approximate surface area is 160 Å². The fourth-order valence-electron chi connectivity index (χ4n) is 2.37. The van der Waals surface area contributed by atoms with Gasteiger partial charge in [-0.2, -0.15) is 0 Å². The van der Waals surface area contributed by atoms with E-state index in [9.17, 15) is 18.0 Å². The molecule has 0 saturated carbocycles. The number of ketones is 1. The summed E-state index contributed by atoms with van der Waals surface area (Å²) < 4.78 is 29.8. The van der Waals surface area contributed by atoms with E-state index in [1.54, 1.807) is 5.38 Å². The van der Waals surface area contributed by atoms with E-state index in [0.717, 1.165) is 0 Å². The van der Waals surface area contributed by atoms with Crippen molar-refractivity contribution >= 4 is 38.2 Å². The van der Waals surface area contributed by atoms with Gasteiger partial charge in [-0.25, -0.2) is 13.4 Å². The van der Waals surface area contributed by atoms with Gasteiger partial charge in [-0.15, -0.1) is 16.2 Å². The lowest BCUT2D eigenvalue weighted by Crippen LogP contribution is -2.41. The summed E-state index contributed by atoms with van der Waals surface area (Å²) in [7, 11) is -3.96. The van der Waals surface area contributed by atoms with Crippen molar-refractivity contribution in [1.29, 1.82) is 0 Å². The number of amides is 1. The first-order valence-electron chi connectivity index (χ1n) is 8.08. The highest BCUT2D eigenvalue weighted by Crippen LogP contribution is 2.21. The number of hydrogen-bond acceptors (Lipinski definition) is 8. The Morgan fingerprint density at radius 2 is 1.85 bits per heavy atom. The van der Waals surface area contributed by atoms with Crippen molar-refractivity contribution in [2.45, 2.75) is 11.8 Å². The van der Waals surface area contributed by atoms with Crippen LogP contribution in [0.5, 0.6) is 0 Å². The largest absolute Gasteiger partial charge is 0.378 e. The summed E-state index contributed by atoms with van der Waals surface area (Å²) in [6, 6.07) is 5.41. The minimum Gasteiger partial charge on any atom is -0.378 e. The summed E-state index contributed by atoms with van der Waals surface area (Å²) >= 11 is 1.31. The number of sulfonamides is 1. The number of morpholine rings is 1. The summed E-state index contributed by atoms with van der Waals surface area (Å²) in [5.41, 5.74) is 2.67. The average molecular weight is 410 g/mol. The van der Waals surface area contributed by atoms with E-state index in [0.29, 0.717) is 37.0 Å². The van der Waals surface area contributed by atoms with Gasteiger partial charge in [-0.3, -0.25) is 15.0 Å². The zero-order valence-corrected chi connectivity index (χ0v) is 16.1. The molecule has 1 fully saturated rings. The molecular weight excluding hydrogens is 392 g/mol. The van der Waals surface area contributed by atoms with Gasteiger partial charge < -0.3 is 9.64 Å². The van der Waals surface area contributed by atoms with Crippen LogP contribution in [0.15, 0.2) is 34.5 Å². The molecule has 1 aliphatic rings. The molecule has 9 nitrogen and oxygen atoms in total. The van der Waals surface area contributed by atoms with Crippen LogP contribution in [-0.2, 0) is 14.8 Å². The number of Topliss-reactive ketones (excluding diaryl/α,β-unsaturated/α-hetero) is 1. The van der Waals surface area contributed by atoms with Gasteiger partial charge in [-0.05, 0) is 19.1 Å². The molecule has 3 rings (SSSR count). The fourth-order valence-corrected chi connectivity index (χ4v) is 4.07. The maximum absolute atomic E-state index is 12.3. The first-order valence-corrected chi connectivity index (χ1v) is 10.4. The molecule has 1 saturated heterocycles. The predicted octanol–water partition coefficient (Wildman–Crippen LogP) is 0.806. The number of nitrogens with zero attached hydrogens (tertiary/aromatic N) is 2. The summed E-state index contributed by atoms with van der Waals surface area (Å²) in [6.45, 7) is 3.97. The molecule has 0 radical (unpaired) electrons. The normalized spacial score (nSPS) is 14.8. The van der Waals surface area contributed by atoms with Crippen molar-refractivity contribution in [1.82, 2.24) is 15.2 Å². The molecule has 27 heavy (non-hydrogen) atoms. The number of carbonyl (C=O) groups excluding carboxylic acids is 2. The second-order valence-corrected chi connectivity index (χ2v) is 8.27. The highest BCUT2D eigenvalue weighted by molar-refractivity contribution is 7.89. The van der Waals surface area contributed by atoms with Crippen molar-refractivity contribution < 1.29 is 22.7 Å². The molecule has 1 aliphatic heterocycles. The molecule has 2 N–H and O–H groups in total. The van der Waals surface area contributed by atoms with E-state index >= 15 is 0 Å². The first kappa shape index (κ1) is 19.4. The number of anilines is 1. The third kappa shape index (κ3) is 4.69. The zero-order chi connectivity index (χ0) is 19.4. The van der Waals surface area contributed by atoms with Crippen molar-refractivity contribution in [2.24, 2.45) is 0 Å². The van der Waals surface area contributed by atoms with Gasteiger partial charge in [-0.1, -0.05) is 12.1 Å². The quantitative estimate of drug-likeness (QED) is 0.534. The number of hydrogen-bond donors (Lipinski definition) is 2. The Balaban J connectivity index is 1.62. The standard InChI is InChI=1S/C16H18N4O5S2/c1-11(21)12-2-4-13(5-3-12)27(23,24)19-18-15(22)14-10-26-16(17-14)20-6-8-25-9-7-20/h2-5,10,19H,6-9H2,1H3,(H,18,22). The van der Waals surface area contributed by atoms with Crippen molar-refractivity contribution in [3.8, 4) is 0 Å². The second-order valence-electron chi connectivity index (χ2n) is 5.75. The lowest BCUT2D eigenvalue weighted by atomic mass is 10.2. The van der Waals surface area contributed by atoms with Crippen LogP contribution in [0.2, 0.25) is 0 Å². The lowest BCUT2D eigenvalue weighted by molar-refractivity contribution is 0.0940. The molecule has 144 valence electrons. The number of benzene rings is 1. The minimum atomic E-state index is -3.96. The van der Waals surface area contributed by atoms with Gasteiger partial charge >= 0.3 is 0 Å². The number of nitrogens with one attached hydrogen (secondary N) is 2. The van der Waals surface area contributed by atoms with Gasteiger partial charge in [0, 0.05) is 24.0 Å². The monoisotopic (exact) mass is 410 g/mol. The van der Waals surface area contributed by atoms with Gasteiger partial charge in [0.15, 0.2) is 10.9 Å². The Kier molecular flexibility index (Phi) is 5.85. The molecule has 1 aromatic carbocycles. The molecule has 11 heteroatoms. The Bertz CT molecular complexity index is 934. The van der Waals surface area contributed by atoms with Crippen LogP contribution in [-0.4, -0.2) is 51.4 Å². The molecule has 1 aromatic heterocycles. The molecule has 0 spiro atoms. The number of ether oxygens (including phenoxy) is 1. The zero-order valence-electron chi connectivity index (χ0n) is 14.5. The van der Waals surface area contributed by atoms with E-state index < -0.39 is 15.9 Å². The number of thiazole rings is 1. The molecule has 0 bridgehead atoms. The van der Waals surface area contributed by atoms with E-state index in [-0.39, 0.29) is 16.4 Å². The third-order valence-electron chi connectivity index (χ3n) is 3.88. The summed E-state index contributed by atoms with van der Waals surface area (Å²) in [6.07, 6.45) is 0. The fraction of sp³-hybridized carbons (Fsp3) is 0.312. The van der Waals surface area contributed by atoms with Crippen molar-refractivity contribution in [3.63, 3.8) is 0 Å². The second kappa shape index (κ2) is 8.13. The van der Waals surface area contributed by atoms with Crippen LogP contribution in [0.1, 0.15) is 27.8 Å². The minimum absolute atomic E-state index is 0.0694. The molecular formula is C16H18N4O5S2. The molecule has 1 amide bonds. The maximum Gasteiger partial charge on any atom is 0.285 e. The lowest BCUT2D eigenvalue weighted by Gasteiger charge is -2.25. The first-order chi connectivity index (χ1) is 12.9. The van der Waals surface area contributed by atoms with Gasteiger partial charge in [0.2, 0.25) is 0 Å². The van der Waals surface area contributed by atoms with Crippen LogP contribution in [0.4, 0.5) is 5.13 Å². The van der Waals surface area contributed by atoms with Crippen molar-refractivity contribution in [2.75, 3.05) is 31.2 Å². The number of rotatable bonds is 6. The summed E-state index contributed by atoms with van der Waals surface area (Å²) in [5.74, 6) is -0.825. The Hall–Kier alpha value is -2.34. The third-order valence-corrected chi connectivity index (χ3v) is 6.04. The van der Waals surface area contributed by atoms with Crippen LogP contribution in [0, 0.1) is 0 Å². The molecule has 2 heterocycles. The average Bonchev–Trinajstić information content (AvgIpc) is 3.17. The Morgan fingerprint density at radius 3 is 2.48 bits per heavy atom. The highest BCUT2D eigenvalue weighted by Gasteiger charge is 2.20. The van der Waals surface area contributed by atoms with E-state index in [4.69, 9.17) is 4.74 Å². The van der Waals surface area contributed by atoms with E-state index in [1.807, 2.05) is 9.73 Å². The highest BCUT2D eigenvalue weighted by atomic mass is 32.2. The Morgan fingerprint density at radius 1 is 1.19 bits per heavy atom. The molecule has 0 unspecified atom stereocenters. The SMILES string of the molecule is CC(=O)c1ccc(S(=O)(=O)NNC(=O)c2csc(N3CCOCC3)n2)cc1. The molecule has 0 aliphatic carbocycles. The number of hydrazine groups is 1. The van der Waals surface area contributed by atoms with Gasteiger partial charge in [0.25, 0.3) is 15.9 Å². The molecule has 0 atom stereocenters. The summed E-state index contributed by atoms with van der Waals surface area (Å²) in [4.78, 5) is 31.6.